The van der Waals surface area contributed by atoms with Gasteiger partial charge in [0.2, 0.25) is 5.91 Å². The van der Waals surface area contributed by atoms with Crippen LogP contribution in [0.1, 0.15) is 38.4 Å². The van der Waals surface area contributed by atoms with E-state index in [1.54, 1.807) is 6.92 Å². The van der Waals surface area contributed by atoms with Crippen molar-refractivity contribution in [2.75, 3.05) is 0 Å². The van der Waals surface area contributed by atoms with Crippen molar-refractivity contribution in [3.8, 4) is 0 Å². The predicted octanol–water partition coefficient (Wildman–Crippen LogP) is -0.0955. The minimum atomic E-state index is -0.412. The van der Waals surface area contributed by atoms with Gasteiger partial charge in [0.25, 0.3) is 0 Å². The molecule has 1 aliphatic carbocycles. The third-order valence-electron chi connectivity index (χ3n) is 3.55. The first-order chi connectivity index (χ1) is 9.04. The average molecular weight is 266 g/mol. The van der Waals surface area contributed by atoms with E-state index in [1.807, 2.05) is 0 Å². The zero-order chi connectivity index (χ0) is 13.8. The maximum Gasteiger partial charge on any atom is 0.340 e. The minimum absolute atomic E-state index is 0.0609. The van der Waals surface area contributed by atoms with Gasteiger partial charge in [-0.15, -0.1) is 0 Å². The smallest absolute Gasteiger partial charge is 0.340 e. The molecule has 104 valence electrons. The summed E-state index contributed by atoms with van der Waals surface area (Å²) in [5.74, 6) is 0.559. The molecule has 0 unspecified atom stereocenters. The standard InChI is InChI=1S/C12H18N4O3/c1-7(17)8-2-4-9(5-3-8)13-11(18)6-10-14-12(19)16-15-10/h8-9H,2-6H2,1H3,(H,13,18)(H2,14,15,16,19). The zero-order valence-corrected chi connectivity index (χ0v) is 10.9. The van der Waals surface area contributed by atoms with Crippen molar-refractivity contribution in [3.63, 3.8) is 0 Å². The van der Waals surface area contributed by atoms with E-state index in [4.69, 9.17) is 0 Å². The summed E-state index contributed by atoms with van der Waals surface area (Å²) >= 11 is 0. The molecule has 0 aliphatic heterocycles. The monoisotopic (exact) mass is 266 g/mol. The van der Waals surface area contributed by atoms with Crippen LogP contribution in [0.15, 0.2) is 4.79 Å². The number of ketones is 1. The first-order valence-electron chi connectivity index (χ1n) is 6.48. The Morgan fingerprint density at radius 2 is 2.00 bits per heavy atom. The molecule has 1 heterocycles. The first kappa shape index (κ1) is 13.5. The second-order valence-corrected chi connectivity index (χ2v) is 5.03. The summed E-state index contributed by atoms with van der Waals surface area (Å²) in [5.41, 5.74) is -0.412. The Hall–Kier alpha value is -1.92. The van der Waals surface area contributed by atoms with Crippen molar-refractivity contribution in [2.45, 2.75) is 45.1 Å². The van der Waals surface area contributed by atoms with Gasteiger partial charge in [0.1, 0.15) is 11.6 Å². The lowest BCUT2D eigenvalue weighted by Crippen LogP contribution is -2.39. The van der Waals surface area contributed by atoms with Crippen LogP contribution in [0.2, 0.25) is 0 Å². The molecule has 1 fully saturated rings. The van der Waals surface area contributed by atoms with Gasteiger partial charge in [0, 0.05) is 12.0 Å². The Kier molecular flexibility index (Phi) is 4.13. The molecular formula is C12H18N4O3. The summed E-state index contributed by atoms with van der Waals surface area (Å²) in [7, 11) is 0. The van der Waals surface area contributed by atoms with E-state index in [0.29, 0.717) is 5.82 Å². The number of aromatic nitrogens is 3. The molecule has 0 saturated heterocycles. The third kappa shape index (κ3) is 3.77. The Bertz CT molecular complexity index is 511. The number of hydrogen-bond acceptors (Lipinski definition) is 4. The number of aromatic amines is 2. The number of H-pyrrole nitrogens is 2. The summed E-state index contributed by atoms with van der Waals surface area (Å²) in [5, 5.41) is 8.81. The fraction of sp³-hybridized carbons (Fsp3) is 0.667. The van der Waals surface area contributed by atoms with Gasteiger partial charge in [-0.25, -0.2) is 9.89 Å². The number of carbonyl (C=O) groups excluding carboxylic acids is 2. The number of Topliss-reactive ketones (excluding diaryl/α,β-unsaturated/α-hetero) is 1. The van der Waals surface area contributed by atoms with E-state index >= 15 is 0 Å². The molecule has 0 spiro atoms. The highest BCUT2D eigenvalue weighted by Gasteiger charge is 2.24. The van der Waals surface area contributed by atoms with Crippen LogP contribution in [0.4, 0.5) is 0 Å². The second-order valence-electron chi connectivity index (χ2n) is 5.03. The number of nitrogens with zero attached hydrogens (tertiary/aromatic N) is 1. The van der Waals surface area contributed by atoms with Crippen LogP contribution in [-0.4, -0.2) is 32.9 Å². The molecule has 1 amide bonds. The minimum Gasteiger partial charge on any atom is -0.353 e. The molecule has 1 aliphatic rings. The summed E-state index contributed by atoms with van der Waals surface area (Å²) in [6, 6.07) is 0.119. The molecule has 0 bridgehead atoms. The highest BCUT2D eigenvalue weighted by molar-refractivity contribution is 5.79. The van der Waals surface area contributed by atoms with Crippen molar-refractivity contribution in [1.82, 2.24) is 20.5 Å². The number of nitrogens with one attached hydrogen (secondary N) is 3. The van der Waals surface area contributed by atoms with E-state index < -0.39 is 5.69 Å². The molecule has 7 nitrogen and oxygen atoms in total. The van der Waals surface area contributed by atoms with Crippen molar-refractivity contribution in [1.29, 1.82) is 0 Å². The van der Waals surface area contributed by atoms with Gasteiger partial charge in [-0.05, 0) is 32.6 Å². The molecule has 1 saturated carbocycles. The van der Waals surface area contributed by atoms with Gasteiger partial charge in [0.05, 0.1) is 6.42 Å². The largest absolute Gasteiger partial charge is 0.353 e. The number of hydrogen-bond donors (Lipinski definition) is 3. The third-order valence-corrected chi connectivity index (χ3v) is 3.55. The molecule has 2 rings (SSSR count). The Morgan fingerprint density at radius 1 is 1.32 bits per heavy atom. The van der Waals surface area contributed by atoms with Crippen LogP contribution in [0.3, 0.4) is 0 Å². The lowest BCUT2D eigenvalue weighted by molar-refractivity contribution is -0.122. The highest BCUT2D eigenvalue weighted by atomic mass is 16.2. The van der Waals surface area contributed by atoms with Crippen LogP contribution in [0, 0.1) is 5.92 Å². The molecule has 1 aromatic rings. The van der Waals surface area contributed by atoms with E-state index in [1.165, 1.54) is 0 Å². The average Bonchev–Trinajstić information content (AvgIpc) is 2.75. The van der Waals surface area contributed by atoms with Gasteiger partial charge in [0.15, 0.2) is 0 Å². The molecule has 19 heavy (non-hydrogen) atoms. The van der Waals surface area contributed by atoms with Crippen LogP contribution in [0.5, 0.6) is 0 Å². The summed E-state index contributed by atoms with van der Waals surface area (Å²) in [4.78, 5) is 36.3. The lowest BCUT2D eigenvalue weighted by atomic mass is 9.84. The predicted molar refractivity (Wildman–Crippen MR) is 67.5 cm³/mol. The quantitative estimate of drug-likeness (QED) is 0.707. The molecule has 0 radical (unpaired) electrons. The summed E-state index contributed by atoms with van der Waals surface area (Å²) in [6.07, 6.45) is 3.38. The maximum atomic E-state index is 11.8. The van der Waals surface area contributed by atoms with Gasteiger partial charge in [-0.3, -0.25) is 14.6 Å². The molecule has 0 atom stereocenters. The Labute approximate surface area is 110 Å². The lowest BCUT2D eigenvalue weighted by Gasteiger charge is -2.27. The van der Waals surface area contributed by atoms with Crippen LogP contribution in [-0.2, 0) is 16.0 Å². The van der Waals surface area contributed by atoms with Crippen molar-refractivity contribution >= 4 is 11.7 Å². The van der Waals surface area contributed by atoms with Gasteiger partial charge < -0.3 is 5.32 Å². The zero-order valence-electron chi connectivity index (χ0n) is 10.9. The highest BCUT2D eigenvalue weighted by Crippen LogP contribution is 2.24. The number of rotatable bonds is 4. The van der Waals surface area contributed by atoms with Crippen LogP contribution in [0.25, 0.3) is 0 Å². The number of amides is 1. The first-order valence-corrected chi connectivity index (χ1v) is 6.48. The van der Waals surface area contributed by atoms with Gasteiger partial charge in [-0.1, -0.05) is 0 Å². The van der Waals surface area contributed by atoms with E-state index in [0.717, 1.165) is 25.7 Å². The van der Waals surface area contributed by atoms with Crippen LogP contribution >= 0.6 is 0 Å². The summed E-state index contributed by atoms with van der Waals surface area (Å²) < 4.78 is 0. The van der Waals surface area contributed by atoms with E-state index in [9.17, 15) is 14.4 Å². The SMILES string of the molecule is CC(=O)C1CCC(NC(=O)Cc2n[nH]c(=O)[nH]2)CC1. The molecule has 1 aromatic heterocycles. The fourth-order valence-electron chi connectivity index (χ4n) is 2.46. The molecular weight excluding hydrogens is 248 g/mol. The van der Waals surface area contributed by atoms with E-state index in [-0.39, 0.29) is 30.1 Å². The van der Waals surface area contributed by atoms with Crippen LogP contribution < -0.4 is 11.0 Å². The summed E-state index contributed by atoms with van der Waals surface area (Å²) in [6.45, 7) is 1.62. The van der Waals surface area contributed by atoms with Crippen molar-refractivity contribution in [2.24, 2.45) is 5.92 Å². The number of carbonyl (C=O) groups is 2. The normalized spacial score (nSPS) is 23.0. The topological polar surface area (TPSA) is 108 Å². The second kappa shape index (κ2) is 5.81. The fourth-order valence-corrected chi connectivity index (χ4v) is 2.46. The van der Waals surface area contributed by atoms with Crippen molar-refractivity contribution in [3.05, 3.63) is 16.3 Å². The molecule has 7 heteroatoms. The van der Waals surface area contributed by atoms with Gasteiger partial charge >= 0.3 is 5.69 Å². The Morgan fingerprint density at radius 3 is 2.53 bits per heavy atom. The Balaban J connectivity index is 1.77. The van der Waals surface area contributed by atoms with Gasteiger partial charge in [-0.2, -0.15) is 5.10 Å². The molecule has 3 N–H and O–H groups in total. The maximum absolute atomic E-state index is 11.8. The molecule has 0 aromatic carbocycles. The van der Waals surface area contributed by atoms with E-state index in [2.05, 4.69) is 20.5 Å². The van der Waals surface area contributed by atoms with Crippen molar-refractivity contribution < 1.29 is 9.59 Å².